The lowest BCUT2D eigenvalue weighted by Crippen LogP contribution is -2.11. The van der Waals surface area contributed by atoms with Crippen LogP contribution in [0.3, 0.4) is 0 Å². The molecule has 0 aromatic heterocycles. The van der Waals surface area contributed by atoms with E-state index in [1.807, 2.05) is 24.3 Å². The number of fused-ring (bicyclic) bond motifs is 1. The number of aryl methyl sites for hydroxylation is 1. The Bertz CT molecular complexity index is 969. The average Bonchev–Trinajstić information content (AvgIpc) is 2.72. The summed E-state index contributed by atoms with van der Waals surface area (Å²) in [5, 5.41) is 0. The van der Waals surface area contributed by atoms with Gasteiger partial charge in [-0.2, -0.15) is 0 Å². The Labute approximate surface area is 160 Å². The first kappa shape index (κ1) is 17.3. The van der Waals surface area contributed by atoms with Crippen LogP contribution in [0, 0.1) is 6.92 Å². The molecule has 0 saturated heterocycles. The number of allylic oxidation sites excluding steroid dienone is 1. The third kappa shape index (κ3) is 4.35. The van der Waals surface area contributed by atoms with Gasteiger partial charge in [-0.1, -0.05) is 66.2 Å². The molecule has 0 saturated carbocycles. The molecule has 0 bridgehead atoms. The molecule has 2 nitrogen and oxygen atoms in total. The fourth-order valence-electron chi connectivity index (χ4n) is 3.23. The van der Waals surface area contributed by atoms with E-state index in [2.05, 4.69) is 67.6 Å². The molecular weight excluding hydrogens is 330 g/mol. The molecule has 4 rings (SSSR count). The molecular formula is C25H23NO. The van der Waals surface area contributed by atoms with Crippen LogP contribution in [0.4, 0.5) is 0 Å². The predicted octanol–water partition coefficient (Wildman–Crippen LogP) is 5.63. The second-order valence-electron chi connectivity index (χ2n) is 6.85. The van der Waals surface area contributed by atoms with Crippen molar-refractivity contribution in [2.45, 2.75) is 20.0 Å². The fraction of sp³-hybridized carbons (Fsp3) is 0.160. The van der Waals surface area contributed by atoms with E-state index in [-0.39, 0.29) is 0 Å². The first-order valence-corrected chi connectivity index (χ1v) is 9.37. The molecule has 0 aliphatic carbocycles. The smallest absolute Gasteiger partial charge is 0.120 e. The van der Waals surface area contributed by atoms with Crippen molar-refractivity contribution in [1.82, 2.24) is 0 Å². The van der Waals surface area contributed by atoms with Crippen LogP contribution >= 0.6 is 0 Å². The van der Waals surface area contributed by atoms with Crippen LogP contribution in [0.2, 0.25) is 0 Å². The topological polar surface area (TPSA) is 21.6 Å². The van der Waals surface area contributed by atoms with Crippen molar-refractivity contribution in [2.24, 2.45) is 4.99 Å². The van der Waals surface area contributed by atoms with Crippen LogP contribution in [0.15, 0.2) is 83.9 Å². The Morgan fingerprint density at radius 3 is 2.56 bits per heavy atom. The molecule has 0 spiro atoms. The van der Waals surface area contributed by atoms with Crippen molar-refractivity contribution in [3.05, 3.63) is 107 Å². The van der Waals surface area contributed by atoms with E-state index in [1.165, 1.54) is 27.8 Å². The van der Waals surface area contributed by atoms with Crippen LogP contribution in [-0.4, -0.2) is 12.3 Å². The molecule has 2 heteroatoms. The lowest BCUT2D eigenvalue weighted by atomic mass is 9.96. The van der Waals surface area contributed by atoms with E-state index in [4.69, 9.17) is 9.73 Å². The van der Waals surface area contributed by atoms with Crippen LogP contribution < -0.4 is 4.74 Å². The number of rotatable bonds is 5. The minimum atomic E-state index is 0.591. The number of nitrogens with zero attached hydrogens (tertiary/aromatic N) is 1. The highest BCUT2D eigenvalue weighted by atomic mass is 16.5. The van der Waals surface area contributed by atoms with Gasteiger partial charge < -0.3 is 4.74 Å². The molecule has 3 aromatic rings. The second kappa shape index (κ2) is 8.05. The van der Waals surface area contributed by atoms with Gasteiger partial charge in [0, 0.05) is 12.1 Å². The summed E-state index contributed by atoms with van der Waals surface area (Å²) in [4.78, 5) is 4.72. The van der Waals surface area contributed by atoms with Crippen molar-refractivity contribution in [3.63, 3.8) is 0 Å². The Hall–Kier alpha value is -3.13. The van der Waals surface area contributed by atoms with Crippen molar-refractivity contribution >= 4 is 11.8 Å². The van der Waals surface area contributed by atoms with Crippen LogP contribution in [-0.2, 0) is 13.0 Å². The molecule has 1 heterocycles. The van der Waals surface area contributed by atoms with Gasteiger partial charge in [0.15, 0.2) is 0 Å². The largest absolute Gasteiger partial charge is 0.489 e. The van der Waals surface area contributed by atoms with Gasteiger partial charge in [-0.15, -0.1) is 0 Å². The average molecular weight is 353 g/mol. The SMILES string of the molecule is Cc1ccc(C=CC2=NCCc3cc(OCc4ccccc4)ccc32)cc1. The molecule has 0 N–H and O–H groups in total. The Kier molecular flexibility index (Phi) is 5.15. The van der Waals surface area contributed by atoms with E-state index in [0.29, 0.717) is 6.61 Å². The van der Waals surface area contributed by atoms with Gasteiger partial charge in [0.1, 0.15) is 12.4 Å². The van der Waals surface area contributed by atoms with Crippen molar-refractivity contribution in [2.75, 3.05) is 6.54 Å². The van der Waals surface area contributed by atoms with Gasteiger partial charge in [-0.3, -0.25) is 4.99 Å². The molecule has 1 aliphatic heterocycles. The third-order valence-corrected chi connectivity index (χ3v) is 4.78. The normalized spacial score (nSPS) is 13.3. The summed E-state index contributed by atoms with van der Waals surface area (Å²) >= 11 is 0. The number of benzene rings is 3. The van der Waals surface area contributed by atoms with E-state index in [1.54, 1.807) is 0 Å². The van der Waals surface area contributed by atoms with Gasteiger partial charge in [-0.25, -0.2) is 0 Å². The molecule has 0 radical (unpaired) electrons. The molecule has 0 fully saturated rings. The summed E-state index contributed by atoms with van der Waals surface area (Å²) in [5.74, 6) is 0.918. The molecule has 0 unspecified atom stereocenters. The quantitative estimate of drug-likeness (QED) is 0.582. The minimum absolute atomic E-state index is 0.591. The number of ether oxygens (including phenoxy) is 1. The van der Waals surface area contributed by atoms with Crippen molar-refractivity contribution in [1.29, 1.82) is 0 Å². The van der Waals surface area contributed by atoms with Crippen molar-refractivity contribution < 1.29 is 4.74 Å². The molecule has 1 aliphatic rings. The van der Waals surface area contributed by atoms with E-state index in [9.17, 15) is 0 Å². The molecule has 0 atom stereocenters. The molecule has 3 aromatic carbocycles. The summed E-state index contributed by atoms with van der Waals surface area (Å²) in [6.45, 7) is 3.52. The highest BCUT2D eigenvalue weighted by molar-refractivity contribution is 6.12. The maximum atomic E-state index is 5.98. The summed E-state index contributed by atoms with van der Waals surface area (Å²) in [7, 11) is 0. The van der Waals surface area contributed by atoms with Crippen LogP contribution in [0.25, 0.3) is 6.08 Å². The molecule has 27 heavy (non-hydrogen) atoms. The van der Waals surface area contributed by atoms with Gasteiger partial charge in [0.25, 0.3) is 0 Å². The van der Waals surface area contributed by atoms with E-state index < -0.39 is 0 Å². The monoisotopic (exact) mass is 353 g/mol. The third-order valence-electron chi connectivity index (χ3n) is 4.78. The fourth-order valence-corrected chi connectivity index (χ4v) is 3.23. The lowest BCUT2D eigenvalue weighted by Gasteiger charge is -2.16. The highest BCUT2D eigenvalue weighted by Gasteiger charge is 2.13. The highest BCUT2D eigenvalue weighted by Crippen LogP contribution is 2.24. The summed E-state index contributed by atoms with van der Waals surface area (Å²) in [6, 6.07) is 25.1. The zero-order chi connectivity index (χ0) is 18.5. The maximum absolute atomic E-state index is 5.98. The number of aliphatic imine (C=N–C) groups is 1. The maximum Gasteiger partial charge on any atom is 0.120 e. The Balaban J connectivity index is 1.49. The van der Waals surface area contributed by atoms with Gasteiger partial charge in [0.2, 0.25) is 0 Å². The number of hydrogen-bond acceptors (Lipinski definition) is 2. The summed E-state index contributed by atoms with van der Waals surface area (Å²) in [6.07, 6.45) is 5.21. The van der Waals surface area contributed by atoms with Crippen LogP contribution in [0.5, 0.6) is 5.75 Å². The lowest BCUT2D eigenvalue weighted by molar-refractivity contribution is 0.306. The standard InChI is InChI=1S/C25H23NO/c1-19-7-9-20(10-8-19)11-14-25-24-13-12-23(17-22(24)15-16-26-25)27-18-21-5-3-2-4-6-21/h2-14,17H,15-16,18H2,1H3. The zero-order valence-corrected chi connectivity index (χ0v) is 15.6. The van der Waals surface area contributed by atoms with E-state index in [0.717, 1.165) is 24.4 Å². The first-order valence-electron chi connectivity index (χ1n) is 9.37. The number of hydrogen-bond donors (Lipinski definition) is 0. The van der Waals surface area contributed by atoms with Gasteiger partial charge >= 0.3 is 0 Å². The van der Waals surface area contributed by atoms with Crippen LogP contribution in [0.1, 0.15) is 27.8 Å². The summed E-state index contributed by atoms with van der Waals surface area (Å²) in [5.41, 5.74) is 7.20. The predicted molar refractivity (Wildman–Crippen MR) is 113 cm³/mol. The minimum Gasteiger partial charge on any atom is -0.489 e. The molecule has 134 valence electrons. The van der Waals surface area contributed by atoms with Crippen molar-refractivity contribution in [3.8, 4) is 5.75 Å². The van der Waals surface area contributed by atoms with Gasteiger partial charge in [-0.05, 0) is 54.3 Å². The Morgan fingerprint density at radius 2 is 1.74 bits per heavy atom. The first-order chi connectivity index (χ1) is 13.3. The van der Waals surface area contributed by atoms with E-state index >= 15 is 0 Å². The zero-order valence-electron chi connectivity index (χ0n) is 15.6. The van der Waals surface area contributed by atoms with Gasteiger partial charge in [0.05, 0.1) is 5.71 Å². The Morgan fingerprint density at radius 1 is 0.926 bits per heavy atom. The summed E-state index contributed by atoms with van der Waals surface area (Å²) < 4.78 is 5.98. The second-order valence-corrected chi connectivity index (χ2v) is 6.85. The molecule has 0 amide bonds.